The van der Waals surface area contributed by atoms with Crippen LogP contribution in [0.15, 0.2) is 18.2 Å². The number of rotatable bonds is 4. The van der Waals surface area contributed by atoms with E-state index in [-0.39, 0.29) is 17.1 Å². The first-order valence-corrected chi connectivity index (χ1v) is 6.25. The number of ketones is 1. The van der Waals surface area contributed by atoms with Gasteiger partial charge in [0.1, 0.15) is 11.5 Å². The molecular weight excluding hydrogens is 258 g/mol. The standard InChI is InChI=1S/C15H15NO4/c1-8(17)3-5-11-9(2)16-13-6-4-10(15(19)20)7-12(13)14(11)18/h4,6-7H,3,5H2,1-2H3,(H,16,18)(H,19,20). The number of aromatic hydroxyl groups is 1. The number of fused-ring (bicyclic) bond motifs is 1. The average Bonchev–Trinajstić information content (AvgIpc) is 2.37. The Labute approximate surface area is 115 Å². The third kappa shape index (κ3) is 2.61. The molecule has 1 heterocycles. The van der Waals surface area contributed by atoms with Gasteiger partial charge in [-0.3, -0.25) is 4.98 Å². The highest BCUT2D eigenvalue weighted by Crippen LogP contribution is 2.31. The SMILES string of the molecule is CC(=O)CCc1c(C)nc2ccc(C(=O)O)cc2c1O. The highest BCUT2D eigenvalue weighted by Gasteiger charge is 2.14. The summed E-state index contributed by atoms with van der Waals surface area (Å²) >= 11 is 0. The highest BCUT2D eigenvalue weighted by molar-refractivity contribution is 5.96. The third-order valence-corrected chi connectivity index (χ3v) is 3.24. The van der Waals surface area contributed by atoms with Crippen LogP contribution in [0.5, 0.6) is 5.75 Å². The van der Waals surface area contributed by atoms with Gasteiger partial charge in [-0.2, -0.15) is 0 Å². The number of pyridine rings is 1. The maximum Gasteiger partial charge on any atom is 0.335 e. The molecule has 1 aromatic heterocycles. The largest absolute Gasteiger partial charge is 0.507 e. The van der Waals surface area contributed by atoms with Crippen molar-refractivity contribution >= 4 is 22.7 Å². The molecule has 0 spiro atoms. The molecule has 0 aliphatic heterocycles. The molecule has 0 saturated carbocycles. The van der Waals surface area contributed by atoms with Crippen LogP contribution in [0.4, 0.5) is 0 Å². The fraction of sp³-hybridized carbons (Fsp3) is 0.267. The van der Waals surface area contributed by atoms with Crippen LogP contribution in [-0.4, -0.2) is 26.9 Å². The van der Waals surface area contributed by atoms with Crippen molar-refractivity contribution in [3.8, 4) is 5.75 Å². The summed E-state index contributed by atoms with van der Waals surface area (Å²) in [6.45, 7) is 3.25. The van der Waals surface area contributed by atoms with Crippen LogP contribution in [0.3, 0.4) is 0 Å². The number of nitrogens with zero attached hydrogens (tertiary/aromatic N) is 1. The van der Waals surface area contributed by atoms with Crippen LogP contribution in [0.25, 0.3) is 10.9 Å². The third-order valence-electron chi connectivity index (χ3n) is 3.24. The van der Waals surface area contributed by atoms with Gasteiger partial charge in [-0.1, -0.05) is 0 Å². The number of benzene rings is 1. The van der Waals surface area contributed by atoms with Crippen molar-refractivity contribution in [2.24, 2.45) is 0 Å². The van der Waals surface area contributed by atoms with Gasteiger partial charge in [0.2, 0.25) is 0 Å². The smallest absolute Gasteiger partial charge is 0.335 e. The summed E-state index contributed by atoms with van der Waals surface area (Å²) in [5.41, 5.74) is 1.88. The van der Waals surface area contributed by atoms with E-state index in [1.807, 2.05) is 0 Å². The predicted octanol–water partition coefficient (Wildman–Crippen LogP) is 2.47. The number of carbonyl (C=O) groups is 2. The molecule has 0 bridgehead atoms. The lowest BCUT2D eigenvalue weighted by Crippen LogP contribution is -2.01. The van der Waals surface area contributed by atoms with E-state index in [9.17, 15) is 14.7 Å². The molecular formula is C15H15NO4. The summed E-state index contributed by atoms with van der Waals surface area (Å²) < 4.78 is 0. The maximum absolute atomic E-state index is 11.1. The summed E-state index contributed by atoms with van der Waals surface area (Å²) in [7, 11) is 0. The molecule has 0 fully saturated rings. The summed E-state index contributed by atoms with van der Waals surface area (Å²) in [5.74, 6) is -1.02. The molecule has 0 aliphatic carbocycles. The lowest BCUT2D eigenvalue weighted by atomic mass is 10.0. The molecule has 0 atom stereocenters. The van der Waals surface area contributed by atoms with Gasteiger partial charge in [0.15, 0.2) is 0 Å². The Morgan fingerprint density at radius 2 is 2.00 bits per heavy atom. The minimum atomic E-state index is -1.06. The fourth-order valence-corrected chi connectivity index (χ4v) is 2.14. The van der Waals surface area contributed by atoms with Crippen LogP contribution < -0.4 is 0 Å². The van der Waals surface area contributed by atoms with Gasteiger partial charge in [0.25, 0.3) is 0 Å². The minimum absolute atomic E-state index is 0.0110. The van der Waals surface area contributed by atoms with E-state index in [0.29, 0.717) is 35.0 Å². The molecule has 5 nitrogen and oxygen atoms in total. The van der Waals surface area contributed by atoms with Crippen molar-refractivity contribution in [3.63, 3.8) is 0 Å². The molecule has 20 heavy (non-hydrogen) atoms. The summed E-state index contributed by atoms with van der Waals surface area (Å²) in [4.78, 5) is 26.4. The predicted molar refractivity (Wildman–Crippen MR) is 74.1 cm³/mol. The van der Waals surface area contributed by atoms with Crippen LogP contribution in [0, 0.1) is 6.92 Å². The number of aromatic nitrogens is 1. The van der Waals surface area contributed by atoms with Crippen LogP contribution >= 0.6 is 0 Å². The summed E-state index contributed by atoms with van der Waals surface area (Å²) in [6.07, 6.45) is 0.716. The first-order chi connectivity index (χ1) is 9.40. The molecule has 2 rings (SSSR count). The Morgan fingerprint density at radius 3 is 2.60 bits per heavy atom. The Hall–Kier alpha value is -2.43. The highest BCUT2D eigenvalue weighted by atomic mass is 16.4. The average molecular weight is 273 g/mol. The molecule has 0 aliphatic rings. The second kappa shape index (κ2) is 5.28. The van der Waals surface area contributed by atoms with Gasteiger partial charge in [0, 0.05) is 23.1 Å². The molecule has 2 N–H and O–H groups in total. The number of Topliss-reactive ketones (excluding diaryl/α,β-unsaturated/α-hetero) is 1. The first-order valence-electron chi connectivity index (χ1n) is 6.25. The second-order valence-corrected chi connectivity index (χ2v) is 4.76. The van der Waals surface area contributed by atoms with Crippen LogP contribution in [-0.2, 0) is 11.2 Å². The Kier molecular flexibility index (Phi) is 3.70. The summed E-state index contributed by atoms with van der Waals surface area (Å²) in [6, 6.07) is 4.42. The molecule has 0 radical (unpaired) electrons. The van der Waals surface area contributed by atoms with E-state index in [1.54, 1.807) is 13.0 Å². The maximum atomic E-state index is 11.1. The lowest BCUT2D eigenvalue weighted by Gasteiger charge is -2.11. The van der Waals surface area contributed by atoms with Crippen molar-refractivity contribution in [1.29, 1.82) is 0 Å². The topological polar surface area (TPSA) is 87.5 Å². The normalized spacial score (nSPS) is 10.7. The van der Waals surface area contributed by atoms with E-state index in [2.05, 4.69) is 4.98 Å². The van der Waals surface area contributed by atoms with Gasteiger partial charge in [-0.15, -0.1) is 0 Å². The van der Waals surface area contributed by atoms with Crippen molar-refractivity contribution in [3.05, 3.63) is 35.0 Å². The molecule has 0 saturated heterocycles. The number of aryl methyl sites for hydroxylation is 1. The zero-order valence-corrected chi connectivity index (χ0v) is 11.3. The quantitative estimate of drug-likeness (QED) is 0.893. The van der Waals surface area contributed by atoms with E-state index >= 15 is 0 Å². The van der Waals surface area contributed by atoms with E-state index in [4.69, 9.17) is 5.11 Å². The number of carbonyl (C=O) groups excluding carboxylic acids is 1. The van der Waals surface area contributed by atoms with Gasteiger partial charge < -0.3 is 15.0 Å². The molecule has 0 unspecified atom stereocenters. The molecule has 0 amide bonds. The zero-order chi connectivity index (χ0) is 14.9. The van der Waals surface area contributed by atoms with E-state index in [1.165, 1.54) is 19.1 Å². The first kappa shape index (κ1) is 14.0. The van der Waals surface area contributed by atoms with Gasteiger partial charge >= 0.3 is 5.97 Å². The van der Waals surface area contributed by atoms with Crippen molar-refractivity contribution in [2.75, 3.05) is 0 Å². The number of hydrogen-bond acceptors (Lipinski definition) is 4. The number of hydrogen-bond donors (Lipinski definition) is 2. The molecule has 1 aromatic carbocycles. The lowest BCUT2D eigenvalue weighted by molar-refractivity contribution is -0.116. The monoisotopic (exact) mass is 273 g/mol. The fourth-order valence-electron chi connectivity index (χ4n) is 2.14. The zero-order valence-electron chi connectivity index (χ0n) is 11.3. The number of carboxylic acid groups (broad SMARTS) is 1. The number of aromatic carboxylic acids is 1. The van der Waals surface area contributed by atoms with Gasteiger partial charge in [-0.05, 0) is 38.5 Å². The minimum Gasteiger partial charge on any atom is -0.507 e. The van der Waals surface area contributed by atoms with Crippen molar-refractivity contribution in [2.45, 2.75) is 26.7 Å². The summed E-state index contributed by atoms with van der Waals surface area (Å²) in [5, 5.41) is 19.7. The van der Waals surface area contributed by atoms with Crippen LogP contribution in [0.2, 0.25) is 0 Å². The Morgan fingerprint density at radius 1 is 1.30 bits per heavy atom. The molecule has 5 heteroatoms. The van der Waals surface area contributed by atoms with E-state index < -0.39 is 5.97 Å². The molecule has 2 aromatic rings. The van der Waals surface area contributed by atoms with Crippen molar-refractivity contribution in [1.82, 2.24) is 4.98 Å². The van der Waals surface area contributed by atoms with Gasteiger partial charge in [0.05, 0.1) is 11.1 Å². The van der Waals surface area contributed by atoms with Gasteiger partial charge in [-0.25, -0.2) is 4.79 Å². The Bertz CT molecular complexity index is 707. The number of carboxylic acids is 1. The van der Waals surface area contributed by atoms with E-state index in [0.717, 1.165) is 0 Å². The Balaban J connectivity index is 2.58. The van der Waals surface area contributed by atoms with Crippen LogP contribution in [0.1, 0.15) is 35.0 Å². The molecule has 104 valence electrons. The van der Waals surface area contributed by atoms with Crippen molar-refractivity contribution < 1.29 is 19.8 Å². The second-order valence-electron chi connectivity index (χ2n) is 4.76.